The summed E-state index contributed by atoms with van der Waals surface area (Å²) in [6.45, 7) is 7.32. The first kappa shape index (κ1) is 37.9. The van der Waals surface area contributed by atoms with Crippen LogP contribution >= 0.6 is 0 Å². The predicted molar refractivity (Wildman–Crippen MR) is 195 cm³/mol. The number of aliphatic hydroxyl groups is 1. The molecule has 1 aliphatic heterocycles. The van der Waals surface area contributed by atoms with E-state index in [0.717, 1.165) is 11.1 Å². The lowest BCUT2D eigenvalue weighted by molar-refractivity contribution is -0.135. The van der Waals surface area contributed by atoms with Crippen LogP contribution in [-0.4, -0.2) is 82.6 Å². The van der Waals surface area contributed by atoms with Crippen molar-refractivity contribution in [2.45, 2.75) is 56.0 Å². The molecule has 13 heteroatoms. The third-order valence-electron chi connectivity index (χ3n) is 9.84. The van der Waals surface area contributed by atoms with Crippen LogP contribution in [-0.2, 0) is 32.5 Å². The molecule has 1 saturated heterocycles. The Morgan fingerprint density at radius 2 is 1.54 bits per heavy atom. The summed E-state index contributed by atoms with van der Waals surface area (Å²) in [6.07, 6.45) is 2.27. The maximum absolute atomic E-state index is 13.4. The van der Waals surface area contributed by atoms with Crippen LogP contribution in [0.3, 0.4) is 0 Å². The Morgan fingerprint density at radius 1 is 0.907 bits per heavy atom. The fraction of sp³-hybridized carbons (Fsp3) is 0.341. The molecule has 3 atom stereocenters. The van der Waals surface area contributed by atoms with Crippen LogP contribution in [0.15, 0.2) is 100 Å². The number of nitrogens with zero attached hydrogens (tertiary/aromatic N) is 4. The number of aliphatic hydroxyl groups excluding tert-OH is 1. The summed E-state index contributed by atoms with van der Waals surface area (Å²) >= 11 is 0. The molecule has 0 spiro atoms. The van der Waals surface area contributed by atoms with Gasteiger partial charge in [0.05, 0.1) is 25.7 Å². The Labute approximate surface area is 313 Å². The van der Waals surface area contributed by atoms with E-state index in [1.54, 1.807) is 24.0 Å². The number of methoxy groups -OCH3 is 1. The van der Waals surface area contributed by atoms with E-state index >= 15 is 0 Å². The second kappa shape index (κ2) is 17.3. The van der Waals surface area contributed by atoms with Gasteiger partial charge in [0.15, 0.2) is 18.7 Å². The third kappa shape index (κ3) is 8.36. The smallest absolute Gasteiger partial charge is 0.396 e. The lowest BCUT2D eigenvalue weighted by Gasteiger charge is -2.43. The standard InChI is InChI=1S/C41H43N4O9/c1-4-51-40(49)38-44-43-37(54-38)32(24-28-15-9-6-10-16-28)41(2,30-17-11-12-18-33(30)52-25-34(47)45-21-19-29(46)20-22-45)31(23-27-13-7-5-8-14-27)36-35(39(48)50-3)42-26-53-36/h5-18,26,29,31-32,46H,2,4,19-25H2,1,3H3. The van der Waals surface area contributed by atoms with E-state index in [-0.39, 0.29) is 55.2 Å². The summed E-state index contributed by atoms with van der Waals surface area (Å²) in [7, 11) is 1.27. The highest BCUT2D eigenvalue weighted by Gasteiger charge is 2.51. The van der Waals surface area contributed by atoms with Crippen LogP contribution in [0.4, 0.5) is 0 Å². The van der Waals surface area contributed by atoms with Gasteiger partial charge in [0.2, 0.25) is 5.89 Å². The van der Waals surface area contributed by atoms with Gasteiger partial charge >= 0.3 is 17.8 Å². The molecule has 281 valence electrons. The van der Waals surface area contributed by atoms with Crippen molar-refractivity contribution in [3.63, 3.8) is 0 Å². The molecule has 3 unspecified atom stereocenters. The fourth-order valence-corrected chi connectivity index (χ4v) is 7.04. The highest BCUT2D eigenvalue weighted by molar-refractivity contribution is 5.88. The van der Waals surface area contributed by atoms with Crippen LogP contribution in [0.25, 0.3) is 0 Å². The fourth-order valence-electron chi connectivity index (χ4n) is 7.04. The molecule has 1 fully saturated rings. The predicted octanol–water partition coefficient (Wildman–Crippen LogP) is 5.51. The third-order valence-corrected chi connectivity index (χ3v) is 9.84. The largest absolute Gasteiger partial charge is 0.483 e. The van der Waals surface area contributed by atoms with Gasteiger partial charge in [-0.15, -0.1) is 10.2 Å². The van der Waals surface area contributed by atoms with E-state index in [2.05, 4.69) is 15.2 Å². The number of amides is 1. The van der Waals surface area contributed by atoms with E-state index in [0.29, 0.717) is 37.2 Å². The van der Waals surface area contributed by atoms with Gasteiger partial charge in [-0.2, -0.15) is 0 Å². The van der Waals surface area contributed by atoms with Crippen LogP contribution in [0.5, 0.6) is 5.75 Å². The van der Waals surface area contributed by atoms with Crippen molar-refractivity contribution < 1.29 is 42.5 Å². The van der Waals surface area contributed by atoms with Gasteiger partial charge in [0.1, 0.15) is 11.5 Å². The number of esters is 2. The average molecular weight is 736 g/mol. The summed E-state index contributed by atoms with van der Waals surface area (Å²) in [5, 5.41) is 18.5. The number of aromatic nitrogens is 3. The molecule has 2 aromatic heterocycles. The summed E-state index contributed by atoms with van der Waals surface area (Å²) in [6, 6.07) is 26.5. The molecular formula is C41H43N4O9. The number of oxazole rings is 1. The van der Waals surface area contributed by atoms with E-state index in [1.165, 1.54) is 13.5 Å². The van der Waals surface area contributed by atoms with Crippen molar-refractivity contribution in [2.75, 3.05) is 33.4 Å². The van der Waals surface area contributed by atoms with Gasteiger partial charge in [-0.3, -0.25) is 4.79 Å². The van der Waals surface area contributed by atoms with Crippen molar-refractivity contribution >= 4 is 17.8 Å². The van der Waals surface area contributed by atoms with Crippen molar-refractivity contribution in [1.29, 1.82) is 0 Å². The number of likely N-dealkylation sites (tertiary alicyclic amines) is 1. The number of carbonyl (C=O) groups excluding carboxylic acids is 3. The molecular weight excluding hydrogens is 692 g/mol. The SMILES string of the molecule is [CH2]C(c1ccccc1OCC(=O)N1CCC(O)CC1)(C(Cc1ccccc1)c1nnc(C(=O)OCC)o1)C(Cc1ccccc1)c1ocnc1C(=O)OC. The van der Waals surface area contributed by atoms with Gasteiger partial charge < -0.3 is 33.1 Å². The highest BCUT2D eigenvalue weighted by atomic mass is 16.5. The zero-order valence-corrected chi connectivity index (χ0v) is 30.3. The van der Waals surface area contributed by atoms with Crippen LogP contribution in [0.1, 0.15) is 81.1 Å². The topological polar surface area (TPSA) is 167 Å². The normalized spacial score (nSPS) is 15.5. The minimum atomic E-state index is -1.42. The van der Waals surface area contributed by atoms with Gasteiger partial charge in [-0.1, -0.05) is 78.9 Å². The zero-order chi connectivity index (χ0) is 38.1. The Bertz CT molecular complexity index is 2010. The van der Waals surface area contributed by atoms with Gasteiger partial charge in [-0.25, -0.2) is 14.6 Å². The van der Waals surface area contributed by atoms with E-state index in [9.17, 15) is 19.5 Å². The van der Waals surface area contributed by atoms with Gasteiger partial charge in [0.25, 0.3) is 5.91 Å². The lowest BCUT2D eigenvalue weighted by atomic mass is 9.59. The molecule has 1 amide bonds. The molecule has 13 nitrogen and oxygen atoms in total. The Kier molecular flexibility index (Phi) is 12.2. The second-order valence-electron chi connectivity index (χ2n) is 13.1. The molecule has 1 aliphatic rings. The summed E-state index contributed by atoms with van der Waals surface area (Å²) in [5.74, 6) is -3.04. The second-order valence-corrected chi connectivity index (χ2v) is 13.1. The number of hydrogen-bond acceptors (Lipinski definition) is 12. The Morgan fingerprint density at radius 3 is 2.19 bits per heavy atom. The number of ether oxygens (including phenoxy) is 3. The van der Waals surface area contributed by atoms with Crippen LogP contribution in [0, 0.1) is 6.92 Å². The Balaban J connectivity index is 1.56. The maximum atomic E-state index is 13.4. The molecule has 0 bridgehead atoms. The highest BCUT2D eigenvalue weighted by Crippen LogP contribution is 2.54. The molecule has 5 aromatic rings. The molecule has 1 N–H and O–H groups in total. The lowest BCUT2D eigenvalue weighted by Crippen LogP contribution is -2.43. The quantitative estimate of drug-likeness (QED) is 0.134. The number of benzene rings is 3. The van der Waals surface area contributed by atoms with Crippen molar-refractivity contribution in [3.8, 4) is 5.75 Å². The van der Waals surface area contributed by atoms with E-state index in [4.69, 9.17) is 30.0 Å². The van der Waals surface area contributed by atoms with Crippen molar-refractivity contribution in [2.24, 2.45) is 0 Å². The molecule has 0 aliphatic carbocycles. The molecule has 1 radical (unpaired) electrons. The number of carbonyl (C=O) groups is 3. The molecule has 3 aromatic carbocycles. The first-order valence-electron chi connectivity index (χ1n) is 17.9. The van der Waals surface area contributed by atoms with Crippen molar-refractivity contribution in [3.05, 3.63) is 138 Å². The van der Waals surface area contributed by atoms with E-state index in [1.807, 2.05) is 72.8 Å². The molecule has 0 saturated carbocycles. The number of piperidine rings is 1. The minimum absolute atomic E-state index is 0.0384. The molecule has 6 rings (SSSR count). The summed E-state index contributed by atoms with van der Waals surface area (Å²) in [5.41, 5.74) is 0.859. The zero-order valence-electron chi connectivity index (χ0n) is 30.3. The average Bonchev–Trinajstić information content (AvgIpc) is 3.90. The van der Waals surface area contributed by atoms with Gasteiger partial charge in [-0.05, 0) is 56.7 Å². The number of hydrogen-bond donors (Lipinski definition) is 1. The monoisotopic (exact) mass is 735 g/mol. The van der Waals surface area contributed by atoms with E-state index < -0.39 is 35.3 Å². The van der Waals surface area contributed by atoms with Crippen molar-refractivity contribution in [1.82, 2.24) is 20.1 Å². The number of para-hydroxylation sites is 1. The maximum Gasteiger partial charge on any atom is 0.396 e. The van der Waals surface area contributed by atoms with Crippen LogP contribution in [0.2, 0.25) is 0 Å². The van der Waals surface area contributed by atoms with Crippen LogP contribution < -0.4 is 4.74 Å². The first-order chi connectivity index (χ1) is 26.2. The van der Waals surface area contributed by atoms with Gasteiger partial charge in [0, 0.05) is 30.0 Å². The summed E-state index contributed by atoms with van der Waals surface area (Å²) in [4.78, 5) is 45.5. The Hall–Kier alpha value is -5.82. The molecule has 54 heavy (non-hydrogen) atoms. The first-order valence-corrected chi connectivity index (χ1v) is 17.9. The molecule has 3 heterocycles. The minimum Gasteiger partial charge on any atom is -0.483 e. The summed E-state index contributed by atoms with van der Waals surface area (Å²) < 4.78 is 29.0. The number of rotatable bonds is 15.